The largest absolute Gasteiger partial charge is 0.227 e. The Hall–Kier alpha value is -1.03. The standard InChI is InChI=1S/C12H12BrFN2/c1-7(2)6-10-8-4-3-5-9(14)11(8)16-12(13)15-10/h3-5,7H,6H2,1-2H3. The highest BCUT2D eigenvalue weighted by Gasteiger charge is 2.10. The summed E-state index contributed by atoms with van der Waals surface area (Å²) in [6.45, 7) is 4.22. The molecular formula is C12H12BrFN2. The van der Waals surface area contributed by atoms with E-state index in [9.17, 15) is 4.39 Å². The number of nitrogens with zero attached hydrogens (tertiary/aromatic N) is 2. The van der Waals surface area contributed by atoms with Crippen LogP contribution in [0.2, 0.25) is 0 Å². The molecule has 0 aliphatic heterocycles. The Kier molecular flexibility index (Phi) is 3.19. The van der Waals surface area contributed by atoms with Gasteiger partial charge in [-0.15, -0.1) is 0 Å². The molecule has 2 rings (SSSR count). The summed E-state index contributed by atoms with van der Waals surface area (Å²) in [7, 11) is 0. The molecule has 0 spiro atoms. The van der Waals surface area contributed by atoms with E-state index in [1.54, 1.807) is 6.07 Å². The Bertz CT molecular complexity index is 526. The number of fused-ring (bicyclic) bond motifs is 1. The van der Waals surface area contributed by atoms with E-state index in [1.165, 1.54) is 6.07 Å². The lowest BCUT2D eigenvalue weighted by molar-refractivity contribution is 0.628. The molecule has 0 saturated heterocycles. The van der Waals surface area contributed by atoms with Crippen LogP contribution in [0.3, 0.4) is 0 Å². The van der Waals surface area contributed by atoms with E-state index in [0.29, 0.717) is 16.2 Å². The molecule has 84 valence electrons. The molecule has 0 amide bonds. The lowest BCUT2D eigenvalue weighted by atomic mass is 10.0. The molecule has 0 atom stereocenters. The Morgan fingerprint density at radius 2 is 2.06 bits per heavy atom. The lowest BCUT2D eigenvalue weighted by Gasteiger charge is -2.08. The third kappa shape index (κ3) is 2.21. The van der Waals surface area contributed by atoms with Crippen molar-refractivity contribution in [1.29, 1.82) is 0 Å². The summed E-state index contributed by atoms with van der Waals surface area (Å²) in [5.41, 5.74) is 1.28. The van der Waals surface area contributed by atoms with Crippen LogP contribution in [0.15, 0.2) is 22.9 Å². The van der Waals surface area contributed by atoms with Gasteiger partial charge in [0, 0.05) is 5.39 Å². The lowest BCUT2D eigenvalue weighted by Crippen LogP contribution is -2.01. The van der Waals surface area contributed by atoms with E-state index in [1.807, 2.05) is 6.07 Å². The molecule has 0 fully saturated rings. The number of benzene rings is 1. The third-order valence-electron chi connectivity index (χ3n) is 2.33. The van der Waals surface area contributed by atoms with Crippen molar-refractivity contribution in [3.8, 4) is 0 Å². The summed E-state index contributed by atoms with van der Waals surface area (Å²) < 4.78 is 14.0. The first-order valence-corrected chi connectivity index (χ1v) is 5.98. The van der Waals surface area contributed by atoms with Crippen LogP contribution in [0.25, 0.3) is 10.9 Å². The Morgan fingerprint density at radius 3 is 2.75 bits per heavy atom. The molecular weight excluding hydrogens is 271 g/mol. The van der Waals surface area contributed by atoms with Gasteiger partial charge in [0.1, 0.15) is 11.3 Å². The van der Waals surface area contributed by atoms with Gasteiger partial charge in [0.25, 0.3) is 0 Å². The van der Waals surface area contributed by atoms with E-state index < -0.39 is 0 Å². The summed E-state index contributed by atoms with van der Waals surface area (Å²) in [4.78, 5) is 8.40. The van der Waals surface area contributed by atoms with Crippen LogP contribution < -0.4 is 0 Å². The zero-order valence-corrected chi connectivity index (χ0v) is 10.8. The number of hydrogen-bond acceptors (Lipinski definition) is 2. The minimum absolute atomic E-state index is 0.300. The number of para-hydroxylation sites is 1. The fourth-order valence-electron chi connectivity index (χ4n) is 1.69. The van der Waals surface area contributed by atoms with Crippen LogP contribution in [0, 0.1) is 11.7 Å². The molecule has 0 saturated carbocycles. The van der Waals surface area contributed by atoms with Crippen molar-refractivity contribution in [2.75, 3.05) is 0 Å². The minimum Gasteiger partial charge on any atom is -0.227 e. The topological polar surface area (TPSA) is 25.8 Å². The van der Waals surface area contributed by atoms with Crippen LogP contribution >= 0.6 is 15.9 Å². The smallest absolute Gasteiger partial charge is 0.197 e. The molecule has 0 aliphatic carbocycles. The molecule has 4 heteroatoms. The molecule has 1 aromatic carbocycles. The van der Waals surface area contributed by atoms with Gasteiger partial charge in [-0.2, -0.15) is 0 Å². The summed E-state index contributed by atoms with van der Waals surface area (Å²) in [6.07, 6.45) is 0.821. The Morgan fingerprint density at radius 1 is 1.31 bits per heavy atom. The van der Waals surface area contributed by atoms with Crippen molar-refractivity contribution >= 4 is 26.8 Å². The molecule has 0 unspecified atom stereocenters. The SMILES string of the molecule is CC(C)Cc1nc(Br)nc2c(F)cccc12. The maximum atomic E-state index is 13.6. The van der Waals surface area contributed by atoms with Crippen molar-refractivity contribution in [3.63, 3.8) is 0 Å². The summed E-state index contributed by atoms with van der Waals surface area (Å²) in [6, 6.07) is 4.97. The highest BCUT2D eigenvalue weighted by Crippen LogP contribution is 2.22. The normalized spacial score (nSPS) is 11.3. The summed E-state index contributed by atoms with van der Waals surface area (Å²) >= 11 is 3.22. The molecule has 0 radical (unpaired) electrons. The number of halogens is 2. The van der Waals surface area contributed by atoms with E-state index in [-0.39, 0.29) is 5.82 Å². The monoisotopic (exact) mass is 282 g/mol. The number of rotatable bonds is 2. The first-order valence-electron chi connectivity index (χ1n) is 5.18. The zero-order chi connectivity index (χ0) is 11.7. The third-order valence-corrected chi connectivity index (χ3v) is 2.69. The van der Waals surface area contributed by atoms with Gasteiger partial charge in [-0.05, 0) is 34.3 Å². The highest BCUT2D eigenvalue weighted by molar-refractivity contribution is 9.10. The first kappa shape index (κ1) is 11.5. The zero-order valence-electron chi connectivity index (χ0n) is 9.17. The predicted octanol–water partition coefficient (Wildman–Crippen LogP) is 3.73. The average Bonchev–Trinajstić information content (AvgIpc) is 2.18. The van der Waals surface area contributed by atoms with Crippen LogP contribution in [-0.2, 0) is 6.42 Å². The second-order valence-electron chi connectivity index (χ2n) is 4.17. The molecule has 2 aromatic rings. The molecule has 16 heavy (non-hydrogen) atoms. The first-order chi connectivity index (χ1) is 7.58. The predicted molar refractivity (Wildman–Crippen MR) is 65.7 cm³/mol. The van der Waals surface area contributed by atoms with Crippen molar-refractivity contribution in [2.45, 2.75) is 20.3 Å². The van der Waals surface area contributed by atoms with Gasteiger partial charge in [0.2, 0.25) is 0 Å². The maximum absolute atomic E-state index is 13.6. The van der Waals surface area contributed by atoms with E-state index in [4.69, 9.17) is 0 Å². The van der Waals surface area contributed by atoms with Gasteiger partial charge in [-0.1, -0.05) is 26.0 Å². The second kappa shape index (κ2) is 4.45. The fourth-order valence-corrected chi connectivity index (χ4v) is 2.08. The number of hydrogen-bond donors (Lipinski definition) is 0. The quantitative estimate of drug-likeness (QED) is 0.785. The molecule has 1 aromatic heterocycles. The van der Waals surface area contributed by atoms with Gasteiger partial charge in [-0.25, -0.2) is 14.4 Å². The molecule has 0 aliphatic rings. The van der Waals surface area contributed by atoms with Crippen LogP contribution in [0.4, 0.5) is 4.39 Å². The van der Waals surface area contributed by atoms with Gasteiger partial charge in [0.05, 0.1) is 5.69 Å². The van der Waals surface area contributed by atoms with Crippen LogP contribution in [0.1, 0.15) is 19.5 Å². The van der Waals surface area contributed by atoms with E-state index >= 15 is 0 Å². The van der Waals surface area contributed by atoms with Crippen LogP contribution in [0.5, 0.6) is 0 Å². The van der Waals surface area contributed by atoms with Gasteiger partial charge >= 0.3 is 0 Å². The van der Waals surface area contributed by atoms with E-state index in [0.717, 1.165) is 17.5 Å². The Labute approximate surface area is 102 Å². The van der Waals surface area contributed by atoms with Crippen molar-refractivity contribution in [2.24, 2.45) is 5.92 Å². The van der Waals surface area contributed by atoms with Gasteiger partial charge in [0.15, 0.2) is 4.73 Å². The fraction of sp³-hybridized carbons (Fsp3) is 0.333. The minimum atomic E-state index is -0.300. The van der Waals surface area contributed by atoms with Crippen molar-refractivity contribution in [3.05, 3.63) is 34.4 Å². The molecule has 0 N–H and O–H groups in total. The average molecular weight is 283 g/mol. The molecule has 1 heterocycles. The Balaban J connectivity index is 2.68. The highest BCUT2D eigenvalue weighted by atomic mass is 79.9. The number of aromatic nitrogens is 2. The molecule has 0 bridgehead atoms. The van der Waals surface area contributed by atoms with Gasteiger partial charge in [-0.3, -0.25) is 0 Å². The second-order valence-corrected chi connectivity index (χ2v) is 4.88. The van der Waals surface area contributed by atoms with Gasteiger partial charge < -0.3 is 0 Å². The van der Waals surface area contributed by atoms with Crippen molar-refractivity contribution in [1.82, 2.24) is 9.97 Å². The van der Waals surface area contributed by atoms with Crippen molar-refractivity contribution < 1.29 is 4.39 Å². The summed E-state index contributed by atoms with van der Waals surface area (Å²) in [5.74, 6) is 0.180. The summed E-state index contributed by atoms with van der Waals surface area (Å²) in [5, 5.41) is 0.803. The van der Waals surface area contributed by atoms with E-state index in [2.05, 4.69) is 39.7 Å². The van der Waals surface area contributed by atoms with Crippen LogP contribution in [-0.4, -0.2) is 9.97 Å². The maximum Gasteiger partial charge on any atom is 0.197 e. The molecule has 2 nitrogen and oxygen atoms in total.